The van der Waals surface area contributed by atoms with Gasteiger partial charge in [0.1, 0.15) is 6.04 Å². The maximum absolute atomic E-state index is 9.41. The predicted octanol–water partition coefficient (Wildman–Crippen LogP) is 5.06. The normalized spacial score (nSPS) is 17.1. The number of thioether (sulfide) groups is 1. The molecule has 1 rings (SSSR count). The van der Waals surface area contributed by atoms with Gasteiger partial charge in [-0.1, -0.05) is 51.8 Å². The summed E-state index contributed by atoms with van der Waals surface area (Å²) in [5.41, 5.74) is 2.23. The number of hydrogen-bond acceptors (Lipinski definition) is 3. The SMILES string of the molecule is C=C/C=C(\C=C)C(C#N)N1CCC(SC=C)=C(C)C1.CC. The summed E-state index contributed by atoms with van der Waals surface area (Å²) in [7, 11) is 0. The molecule has 0 amide bonds. The minimum absolute atomic E-state index is 0.249. The van der Waals surface area contributed by atoms with E-state index >= 15 is 0 Å². The van der Waals surface area contributed by atoms with Crippen LogP contribution in [-0.2, 0) is 0 Å². The highest BCUT2D eigenvalue weighted by Crippen LogP contribution is 2.30. The van der Waals surface area contributed by atoms with Gasteiger partial charge in [0, 0.05) is 13.1 Å². The summed E-state index contributed by atoms with van der Waals surface area (Å²) in [6.45, 7) is 19.0. The number of nitrogens with zero attached hydrogens (tertiary/aromatic N) is 2. The molecule has 0 N–H and O–H groups in total. The van der Waals surface area contributed by atoms with E-state index < -0.39 is 0 Å². The Kier molecular flexibility index (Phi) is 10.4. The predicted molar refractivity (Wildman–Crippen MR) is 95.9 cm³/mol. The molecule has 0 aromatic carbocycles. The molecule has 1 atom stereocenters. The van der Waals surface area contributed by atoms with Crippen molar-refractivity contribution in [1.82, 2.24) is 4.90 Å². The highest BCUT2D eigenvalue weighted by atomic mass is 32.2. The molecule has 1 aliphatic heterocycles. The fraction of sp³-hybridized carbons (Fsp3) is 0.389. The molecule has 0 bridgehead atoms. The van der Waals surface area contributed by atoms with E-state index in [4.69, 9.17) is 0 Å². The molecule has 114 valence electrons. The van der Waals surface area contributed by atoms with Crippen LogP contribution in [0.1, 0.15) is 27.2 Å². The fourth-order valence-corrected chi connectivity index (χ4v) is 2.86. The minimum atomic E-state index is -0.249. The van der Waals surface area contributed by atoms with Gasteiger partial charge in [0.2, 0.25) is 0 Å². The highest BCUT2D eigenvalue weighted by Gasteiger charge is 2.24. The third-order valence-corrected chi connectivity index (χ3v) is 4.12. The van der Waals surface area contributed by atoms with Crippen LogP contribution in [0.5, 0.6) is 0 Å². The molecular formula is C18H26N2S. The molecule has 0 fully saturated rings. The topological polar surface area (TPSA) is 27.0 Å². The quantitative estimate of drug-likeness (QED) is 0.642. The van der Waals surface area contributed by atoms with Gasteiger partial charge in [-0.3, -0.25) is 4.90 Å². The maximum Gasteiger partial charge on any atom is 0.124 e. The number of hydrogen-bond donors (Lipinski definition) is 0. The molecule has 0 aromatic rings. The van der Waals surface area contributed by atoms with Gasteiger partial charge in [-0.25, -0.2) is 0 Å². The Morgan fingerprint density at radius 1 is 1.38 bits per heavy atom. The molecule has 2 nitrogen and oxygen atoms in total. The molecule has 0 spiro atoms. The van der Waals surface area contributed by atoms with Gasteiger partial charge in [-0.15, -0.1) is 11.8 Å². The third kappa shape index (κ3) is 5.79. The highest BCUT2D eigenvalue weighted by molar-refractivity contribution is 8.05. The van der Waals surface area contributed by atoms with Crippen molar-refractivity contribution < 1.29 is 0 Å². The Labute approximate surface area is 134 Å². The lowest BCUT2D eigenvalue weighted by Gasteiger charge is -2.32. The number of rotatable bonds is 6. The van der Waals surface area contributed by atoms with E-state index in [-0.39, 0.29) is 6.04 Å². The first kappa shape index (κ1) is 19.5. The van der Waals surface area contributed by atoms with Gasteiger partial charge in [0.05, 0.1) is 6.07 Å². The smallest absolute Gasteiger partial charge is 0.124 e. The van der Waals surface area contributed by atoms with Gasteiger partial charge in [0.15, 0.2) is 0 Å². The van der Waals surface area contributed by atoms with E-state index in [2.05, 4.69) is 37.6 Å². The fourth-order valence-electron chi connectivity index (χ4n) is 2.18. The average Bonchev–Trinajstić information content (AvgIpc) is 2.51. The van der Waals surface area contributed by atoms with Gasteiger partial charge >= 0.3 is 0 Å². The summed E-state index contributed by atoms with van der Waals surface area (Å²) in [6, 6.07) is 2.11. The zero-order valence-electron chi connectivity index (χ0n) is 13.4. The summed E-state index contributed by atoms with van der Waals surface area (Å²) in [5, 5.41) is 11.3. The Bertz CT molecular complexity index is 466. The molecule has 0 aliphatic carbocycles. The maximum atomic E-state index is 9.41. The van der Waals surface area contributed by atoms with Crippen molar-refractivity contribution in [2.45, 2.75) is 33.2 Å². The van der Waals surface area contributed by atoms with E-state index in [9.17, 15) is 5.26 Å². The van der Waals surface area contributed by atoms with E-state index in [1.807, 2.05) is 25.3 Å². The molecule has 21 heavy (non-hydrogen) atoms. The van der Waals surface area contributed by atoms with E-state index in [1.54, 1.807) is 23.9 Å². The zero-order valence-corrected chi connectivity index (χ0v) is 14.2. The van der Waals surface area contributed by atoms with Crippen LogP contribution in [0.15, 0.2) is 59.4 Å². The largest absolute Gasteiger partial charge is 0.280 e. The second kappa shape index (κ2) is 11.2. The van der Waals surface area contributed by atoms with Gasteiger partial charge in [0.25, 0.3) is 0 Å². The molecule has 0 saturated carbocycles. The first-order valence-electron chi connectivity index (χ1n) is 7.22. The minimum Gasteiger partial charge on any atom is -0.280 e. The monoisotopic (exact) mass is 302 g/mol. The lowest BCUT2D eigenvalue weighted by molar-refractivity contribution is 0.273. The Balaban J connectivity index is 0.00000191. The lowest BCUT2D eigenvalue weighted by atomic mass is 10.0. The van der Waals surface area contributed by atoms with Gasteiger partial charge < -0.3 is 0 Å². The van der Waals surface area contributed by atoms with Crippen molar-refractivity contribution in [2.24, 2.45) is 0 Å². The van der Waals surface area contributed by atoms with Crippen molar-refractivity contribution in [3.05, 3.63) is 59.4 Å². The number of nitriles is 1. The van der Waals surface area contributed by atoms with Crippen LogP contribution < -0.4 is 0 Å². The molecule has 1 unspecified atom stereocenters. The van der Waals surface area contributed by atoms with E-state index in [0.29, 0.717) is 0 Å². The molecule has 0 saturated heterocycles. The van der Waals surface area contributed by atoms with Crippen LogP contribution in [0, 0.1) is 11.3 Å². The summed E-state index contributed by atoms with van der Waals surface area (Å²) >= 11 is 1.69. The average molecular weight is 302 g/mol. The second-order valence-corrected chi connectivity index (χ2v) is 5.41. The van der Waals surface area contributed by atoms with Crippen molar-refractivity contribution in [3.8, 4) is 6.07 Å². The van der Waals surface area contributed by atoms with E-state index in [0.717, 1.165) is 25.1 Å². The molecule has 0 aromatic heterocycles. The summed E-state index contributed by atoms with van der Waals surface area (Å²) in [5.74, 6) is 0. The van der Waals surface area contributed by atoms with Crippen LogP contribution in [0.25, 0.3) is 0 Å². The molecule has 1 heterocycles. The molecule has 0 radical (unpaired) electrons. The second-order valence-electron chi connectivity index (χ2n) is 4.35. The summed E-state index contributed by atoms with van der Waals surface area (Å²) in [6.07, 6.45) is 6.27. The van der Waals surface area contributed by atoms with Crippen LogP contribution in [-0.4, -0.2) is 24.0 Å². The Hall–Kier alpha value is -1.50. The molecule has 3 heteroatoms. The van der Waals surface area contributed by atoms with Crippen LogP contribution in [0.2, 0.25) is 0 Å². The first-order valence-corrected chi connectivity index (χ1v) is 8.10. The first-order chi connectivity index (χ1) is 10.2. The van der Waals surface area contributed by atoms with Crippen molar-refractivity contribution in [2.75, 3.05) is 13.1 Å². The summed E-state index contributed by atoms with van der Waals surface area (Å²) < 4.78 is 0. The van der Waals surface area contributed by atoms with Gasteiger partial charge in [-0.2, -0.15) is 5.26 Å². The van der Waals surface area contributed by atoms with E-state index in [1.165, 1.54) is 10.5 Å². The standard InChI is InChI=1S/C16H20N2S.C2H6/c1-5-8-14(6-2)15(11-17)18-10-9-16(19-7-3)13(4)12-18;1-2/h5-8,15H,1-3,9-10,12H2,4H3;1-2H3/b14-8+;. The molecule has 1 aliphatic rings. The Morgan fingerprint density at radius 3 is 2.48 bits per heavy atom. The Morgan fingerprint density at radius 2 is 2.05 bits per heavy atom. The van der Waals surface area contributed by atoms with Gasteiger partial charge in [-0.05, 0) is 34.8 Å². The van der Waals surface area contributed by atoms with Crippen molar-refractivity contribution in [3.63, 3.8) is 0 Å². The molecular weight excluding hydrogens is 276 g/mol. The number of allylic oxidation sites excluding steroid dienone is 2. The zero-order chi connectivity index (χ0) is 16.3. The van der Waals surface area contributed by atoms with Crippen molar-refractivity contribution in [1.29, 1.82) is 5.26 Å². The van der Waals surface area contributed by atoms with Crippen LogP contribution in [0.4, 0.5) is 0 Å². The lowest BCUT2D eigenvalue weighted by Crippen LogP contribution is -2.39. The summed E-state index contributed by atoms with van der Waals surface area (Å²) in [4.78, 5) is 3.55. The van der Waals surface area contributed by atoms with Crippen LogP contribution >= 0.6 is 11.8 Å². The van der Waals surface area contributed by atoms with Crippen molar-refractivity contribution >= 4 is 11.8 Å². The van der Waals surface area contributed by atoms with Crippen LogP contribution in [0.3, 0.4) is 0 Å². The third-order valence-electron chi connectivity index (χ3n) is 3.12.